The number of methoxy groups -OCH3 is 2. The number of rotatable bonds is 9. The molecule has 0 spiro atoms. The molecule has 0 fully saturated rings. The monoisotopic (exact) mass is 536 g/mol. The largest absolute Gasteiger partial charge is 0.497 e. The number of halogens is 1. The summed E-state index contributed by atoms with van der Waals surface area (Å²) in [4.78, 5) is 31.1. The average Bonchev–Trinajstić information content (AvgIpc) is 2.93. The first-order chi connectivity index (χ1) is 16.7. The molecule has 0 aliphatic carbocycles. The molecular formula is C27H37ClN2O5S. The fraction of sp³-hybridized carbons (Fsp3) is 0.481. The van der Waals surface area contributed by atoms with E-state index in [4.69, 9.17) is 14.2 Å². The third-order valence-electron chi connectivity index (χ3n) is 6.14. The molecule has 1 aliphatic heterocycles. The van der Waals surface area contributed by atoms with Crippen LogP contribution in [0.1, 0.15) is 45.4 Å². The van der Waals surface area contributed by atoms with E-state index in [0.29, 0.717) is 36.7 Å². The van der Waals surface area contributed by atoms with Crippen molar-refractivity contribution in [1.29, 1.82) is 0 Å². The summed E-state index contributed by atoms with van der Waals surface area (Å²) in [6, 6.07) is 13.9. The number of thioether (sulfide) groups is 1. The zero-order valence-electron chi connectivity index (χ0n) is 22.0. The second kappa shape index (κ2) is 13.2. The third kappa shape index (κ3) is 6.87. The number of hydrogen-bond acceptors (Lipinski definition) is 7. The van der Waals surface area contributed by atoms with Crippen molar-refractivity contribution >= 4 is 41.7 Å². The van der Waals surface area contributed by atoms with Crippen molar-refractivity contribution < 1.29 is 23.8 Å². The normalized spacial score (nSPS) is 17.5. The Kier molecular flexibility index (Phi) is 10.9. The number of carbonyl (C=O) groups excluding carboxylic acids is 2. The molecular weight excluding hydrogens is 500 g/mol. The van der Waals surface area contributed by atoms with Gasteiger partial charge in [-0.2, -0.15) is 0 Å². The van der Waals surface area contributed by atoms with Gasteiger partial charge in [0.15, 0.2) is 6.10 Å². The van der Waals surface area contributed by atoms with Crippen LogP contribution >= 0.6 is 24.2 Å². The van der Waals surface area contributed by atoms with E-state index in [2.05, 4.69) is 32.6 Å². The second-order valence-electron chi connectivity index (χ2n) is 9.09. The lowest BCUT2D eigenvalue weighted by atomic mass is 10.1. The SMILES string of the molecule is COc1ccc([C@@H]2Sc3cc(OC)ccc3N(CCN(C(C)C)C(C)C)C(=O)[C@H]2OC(C)=O)cc1.Cl. The number of esters is 1. The number of amides is 1. The zero-order chi connectivity index (χ0) is 25.7. The third-order valence-corrected chi connectivity index (χ3v) is 7.50. The molecule has 2 atom stereocenters. The molecule has 0 N–H and O–H groups in total. The molecule has 9 heteroatoms. The number of carbonyl (C=O) groups is 2. The minimum Gasteiger partial charge on any atom is -0.497 e. The highest BCUT2D eigenvalue weighted by atomic mass is 35.5. The minimum absolute atomic E-state index is 0. The van der Waals surface area contributed by atoms with Crippen LogP contribution in [0.25, 0.3) is 0 Å². The Balaban J connectivity index is 0.00000456. The molecule has 36 heavy (non-hydrogen) atoms. The summed E-state index contributed by atoms with van der Waals surface area (Å²) < 4.78 is 16.5. The standard InChI is InChI=1S/C27H36N2O5S.ClH/c1-17(2)28(18(3)4)14-15-29-23-13-12-22(33-7)16-24(23)35-26(25(27(29)31)34-19(5)30)20-8-10-21(32-6)11-9-20;/h8-13,16-18,25-26H,14-15H2,1-7H3;1H/t25-,26-;/m0./s1. The average molecular weight is 537 g/mol. The number of benzene rings is 2. The number of anilines is 1. The van der Waals surface area contributed by atoms with Gasteiger partial charge in [-0.25, -0.2) is 0 Å². The first-order valence-electron chi connectivity index (χ1n) is 11.9. The lowest BCUT2D eigenvalue weighted by molar-refractivity contribution is -0.152. The topological polar surface area (TPSA) is 68.3 Å². The Morgan fingerprint density at radius 2 is 1.58 bits per heavy atom. The molecule has 7 nitrogen and oxygen atoms in total. The Morgan fingerprint density at radius 3 is 2.11 bits per heavy atom. The van der Waals surface area contributed by atoms with Crippen molar-refractivity contribution in [3.63, 3.8) is 0 Å². The molecule has 1 heterocycles. The highest BCUT2D eigenvalue weighted by Gasteiger charge is 2.41. The summed E-state index contributed by atoms with van der Waals surface area (Å²) in [7, 11) is 3.23. The molecule has 2 aromatic rings. The molecule has 3 rings (SSSR count). The number of fused-ring (bicyclic) bond motifs is 1. The molecule has 2 aromatic carbocycles. The maximum atomic E-state index is 14.0. The van der Waals surface area contributed by atoms with Gasteiger partial charge in [0.05, 0.1) is 25.2 Å². The Hall–Kier alpha value is -2.42. The molecule has 0 saturated carbocycles. The van der Waals surface area contributed by atoms with Crippen molar-refractivity contribution in [2.75, 3.05) is 32.2 Å². The fourth-order valence-corrected chi connectivity index (χ4v) is 5.77. The minimum atomic E-state index is -0.976. The van der Waals surface area contributed by atoms with Crippen LogP contribution < -0.4 is 14.4 Å². The van der Waals surface area contributed by atoms with Crippen molar-refractivity contribution in [2.45, 2.75) is 63.0 Å². The molecule has 1 amide bonds. The van der Waals surface area contributed by atoms with E-state index < -0.39 is 17.3 Å². The van der Waals surface area contributed by atoms with Gasteiger partial charge in [-0.05, 0) is 63.6 Å². The van der Waals surface area contributed by atoms with Crippen molar-refractivity contribution in [1.82, 2.24) is 4.90 Å². The van der Waals surface area contributed by atoms with Gasteiger partial charge in [0.1, 0.15) is 11.5 Å². The first-order valence-corrected chi connectivity index (χ1v) is 12.8. The predicted molar refractivity (Wildman–Crippen MR) is 147 cm³/mol. The number of ether oxygens (including phenoxy) is 3. The maximum absolute atomic E-state index is 14.0. The molecule has 0 saturated heterocycles. The van der Waals surface area contributed by atoms with Crippen LogP contribution in [-0.2, 0) is 14.3 Å². The second-order valence-corrected chi connectivity index (χ2v) is 10.3. The Bertz CT molecular complexity index is 1020. The fourth-order valence-electron chi connectivity index (χ4n) is 4.43. The smallest absolute Gasteiger partial charge is 0.303 e. The lowest BCUT2D eigenvalue weighted by Crippen LogP contribution is -2.48. The van der Waals surface area contributed by atoms with Gasteiger partial charge in [0.2, 0.25) is 0 Å². The predicted octanol–water partition coefficient (Wildman–Crippen LogP) is 5.36. The van der Waals surface area contributed by atoms with E-state index in [1.165, 1.54) is 18.7 Å². The van der Waals surface area contributed by atoms with Crippen LogP contribution in [0.15, 0.2) is 47.4 Å². The van der Waals surface area contributed by atoms with Crippen LogP contribution in [0, 0.1) is 0 Å². The van der Waals surface area contributed by atoms with E-state index in [0.717, 1.165) is 16.1 Å². The van der Waals surface area contributed by atoms with Crippen molar-refractivity contribution in [3.8, 4) is 11.5 Å². The molecule has 1 aliphatic rings. The summed E-state index contributed by atoms with van der Waals surface area (Å²) >= 11 is 1.50. The molecule has 0 unspecified atom stereocenters. The quantitative estimate of drug-likeness (QED) is 0.400. The van der Waals surface area contributed by atoms with Gasteiger partial charge in [0.25, 0.3) is 5.91 Å². The highest BCUT2D eigenvalue weighted by Crippen LogP contribution is 2.48. The van der Waals surface area contributed by atoms with Crippen LogP contribution in [0.3, 0.4) is 0 Å². The Morgan fingerprint density at radius 1 is 1.00 bits per heavy atom. The first kappa shape index (κ1) is 29.8. The van der Waals surface area contributed by atoms with Crippen LogP contribution in [0.4, 0.5) is 5.69 Å². The van der Waals surface area contributed by atoms with Gasteiger partial charge in [-0.15, -0.1) is 24.2 Å². The van der Waals surface area contributed by atoms with E-state index in [-0.39, 0.29) is 18.3 Å². The van der Waals surface area contributed by atoms with E-state index in [9.17, 15) is 9.59 Å². The Labute approximate surface area is 224 Å². The van der Waals surface area contributed by atoms with Crippen molar-refractivity contribution in [2.24, 2.45) is 0 Å². The van der Waals surface area contributed by atoms with Gasteiger partial charge in [0, 0.05) is 37.0 Å². The zero-order valence-corrected chi connectivity index (χ0v) is 23.7. The molecule has 0 radical (unpaired) electrons. The van der Waals surface area contributed by atoms with Crippen LogP contribution in [0.2, 0.25) is 0 Å². The van der Waals surface area contributed by atoms with Gasteiger partial charge >= 0.3 is 5.97 Å². The maximum Gasteiger partial charge on any atom is 0.303 e. The van der Waals surface area contributed by atoms with Gasteiger partial charge in [-0.1, -0.05) is 12.1 Å². The highest BCUT2D eigenvalue weighted by molar-refractivity contribution is 7.99. The number of nitrogens with zero attached hydrogens (tertiary/aromatic N) is 2. The lowest BCUT2D eigenvalue weighted by Gasteiger charge is -2.34. The molecule has 0 aromatic heterocycles. The van der Waals surface area contributed by atoms with E-state index in [1.807, 2.05) is 42.5 Å². The van der Waals surface area contributed by atoms with Crippen LogP contribution in [-0.4, -0.2) is 62.3 Å². The van der Waals surface area contributed by atoms with Crippen LogP contribution in [0.5, 0.6) is 11.5 Å². The summed E-state index contributed by atoms with van der Waals surface area (Å²) in [5.74, 6) is 0.699. The molecule has 198 valence electrons. The van der Waals surface area contributed by atoms with E-state index >= 15 is 0 Å². The number of hydrogen-bond donors (Lipinski definition) is 0. The molecule has 0 bridgehead atoms. The summed E-state index contributed by atoms with van der Waals surface area (Å²) in [5, 5.41) is -0.431. The van der Waals surface area contributed by atoms with E-state index in [1.54, 1.807) is 19.1 Å². The van der Waals surface area contributed by atoms with Crippen molar-refractivity contribution in [3.05, 3.63) is 48.0 Å². The summed E-state index contributed by atoms with van der Waals surface area (Å²) in [6.45, 7) is 11.1. The summed E-state index contributed by atoms with van der Waals surface area (Å²) in [6.07, 6.45) is -0.976. The summed E-state index contributed by atoms with van der Waals surface area (Å²) in [5.41, 5.74) is 1.67. The van der Waals surface area contributed by atoms with Gasteiger partial charge in [-0.3, -0.25) is 14.5 Å². The van der Waals surface area contributed by atoms with Gasteiger partial charge < -0.3 is 19.1 Å².